The molecule has 1 aromatic carbocycles. The molecule has 0 amide bonds. The number of nitrogens with zero attached hydrogens (tertiary/aromatic N) is 4. The van der Waals surface area contributed by atoms with Crippen LogP contribution in [0.2, 0.25) is 0 Å². The maximum Gasteiger partial charge on any atom is 0.263 e. The van der Waals surface area contributed by atoms with Gasteiger partial charge in [-0.1, -0.05) is 25.1 Å². The minimum absolute atomic E-state index is 0.0895. The van der Waals surface area contributed by atoms with Crippen LogP contribution in [0.4, 0.5) is 0 Å². The summed E-state index contributed by atoms with van der Waals surface area (Å²) in [4.78, 5) is 27.0. The lowest BCUT2D eigenvalue weighted by molar-refractivity contribution is 0.495. The molecule has 30 heavy (non-hydrogen) atoms. The topological polar surface area (TPSA) is 73.8 Å². The van der Waals surface area contributed by atoms with E-state index < -0.39 is 0 Å². The lowest BCUT2D eigenvalue weighted by Crippen LogP contribution is -2.23. The van der Waals surface area contributed by atoms with Gasteiger partial charge in [0.2, 0.25) is 5.89 Å². The lowest BCUT2D eigenvalue weighted by Gasteiger charge is -2.20. The summed E-state index contributed by atoms with van der Waals surface area (Å²) in [6.07, 6.45) is 4.63. The van der Waals surface area contributed by atoms with Gasteiger partial charge in [-0.15, -0.1) is 0 Å². The van der Waals surface area contributed by atoms with Crippen molar-refractivity contribution in [2.75, 3.05) is 0 Å². The van der Waals surface area contributed by atoms with Crippen LogP contribution in [0.25, 0.3) is 22.5 Å². The van der Waals surface area contributed by atoms with Crippen LogP contribution in [-0.4, -0.2) is 19.5 Å². The molecule has 0 N–H and O–H groups in total. The van der Waals surface area contributed by atoms with Crippen molar-refractivity contribution in [3.05, 3.63) is 75.3 Å². The van der Waals surface area contributed by atoms with Crippen LogP contribution in [0.3, 0.4) is 0 Å². The minimum atomic E-state index is -0.0895. The monoisotopic (exact) mass is 400 g/mol. The smallest absolute Gasteiger partial charge is 0.263 e. The van der Waals surface area contributed by atoms with Crippen molar-refractivity contribution in [2.24, 2.45) is 5.92 Å². The third-order valence-electron chi connectivity index (χ3n) is 6.01. The van der Waals surface area contributed by atoms with E-state index in [9.17, 15) is 4.79 Å². The van der Waals surface area contributed by atoms with E-state index in [1.165, 1.54) is 5.56 Å². The van der Waals surface area contributed by atoms with Gasteiger partial charge in [0.05, 0.1) is 11.9 Å². The second kappa shape index (κ2) is 7.20. The molecule has 1 aliphatic carbocycles. The standard InChI is InChI=1S/C24H24N4O2/c1-14-8-9-20-17(10-14)11-19-22(26-20)25-13-28(24(19)29)12-21-16(3)30-23(27-21)18-7-5-4-6-15(18)2/h4-7,11,13-14H,8-10,12H2,1-3H3. The number of benzene rings is 1. The molecule has 1 aliphatic rings. The number of oxazole rings is 1. The Hall–Kier alpha value is -3.28. The second-order valence-electron chi connectivity index (χ2n) is 8.33. The summed E-state index contributed by atoms with van der Waals surface area (Å²) in [5.41, 5.74) is 5.49. The van der Waals surface area contributed by atoms with E-state index in [1.807, 2.05) is 44.2 Å². The fourth-order valence-electron chi connectivity index (χ4n) is 4.20. The molecule has 6 heteroatoms. The molecule has 1 unspecified atom stereocenters. The summed E-state index contributed by atoms with van der Waals surface area (Å²) in [5.74, 6) is 1.90. The van der Waals surface area contributed by atoms with Gasteiger partial charge in [-0.2, -0.15) is 0 Å². The highest BCUT2D eigenvalue weighted by Crippen LogP contribution is 2.26. The third kappa shape index (κ3) is 3.22. The predicted molar refractivity (Wildman–Crippen MR) is 116 cm³/mol. The molecule has 0 saturated heterocycles. The number of pyridine rings is 1. The van der Waals surface area contributed by atoms with Crippen molar-refractivity contribution >= 4 is 11.0 Å². The van der Waals surface area contributed by atoms with Gasteiger partial charge in [-0.25, -0.2) is 15.0 Å². The predicted octanol–water partition coefficient (Wildman–Crippen LogP) is 4.24. The fraction of sp³-hybridized carbons (Fsp3) is 0.333. The molecule has 0 radical (unpaired) electrons. The van der Waals surface area contributed by atoms with E-state index in [0.29, 0.717) is 35.1 Å². The molecule has 4 aromatic rings. The molecule has 0 spiro atoms. The third-order valence-corrected chi connectivity index (χ3v) is 6.01. The Kier molecular flexibility index (Phi) is 4.50. The van der Waals surface area contributed by atoms with E-state index in [2.05, 4.69) is 21.9 Å². The number of hydrogen-bond donors (Lipinski definition) is 0. The average molecular weight is 400 g/mol. The van der Waals surface area contributed by atoms with Crippen LogP contribution < -0.4 is 5.56 Å². The first-order chi connectivity index (χ1) is 14.5. The zero-order chi connectivity index (χ0) is 20.8. The highest BCUT2D eigenvalue weighted by atomic mass is 16.4. The maximum atomic E-state index is 13.2. The van der Waals surface area contributed by atoms with Crippen molar-refractivity contribution in [1.82, 2.24) is 19.5 Å². The van der Waals surface area contributed by atoms with E-state index in [0.717, 1.165) is 41.8 Å². The van der Waals surface area contributed by atoms with E-state index in [4.69, 9.17) is 4.42 Å². The zero-order valence-electron chi connectivity index (χ0n) is 17.5. The van der Waals surface area contributed by atoms with Crippen LogP contribution in [0.15, 0.2) is 45.9 Å². The Morgan fingerprint density at radius 2 is 2.03 bits per heavy atom. The van der Waals surface area contributed by atoms with Gasteiger partial charge in [-0.3, -0.25) is 9.36 Å². The van der Waals surface area contributed by atoms with Gasteiger partial charge >= 0.3 is 0 Å². The Labute approximate surface area is 174 Å². The minimum Gasteiger partial charge on any atom is -0.441 e. The van der Waals surface area contributed by atoms with Gasteiger partial charge in [0.1, 0.15) is 17.8 Å². The first-order valence-electron chi connectivity index (χ1n) is 10.4. The molecule has 0 aliphatic heterocycles. The van der Waals surface area contributed by atoms with E-state index in [1.54, 1.807) is 10.9 Å². The largest absolute Gasteiger partial charge is 0.441 e. The summed E-state index contributed by atoms with van der Waals surface area (Å²) in [6, 6.07) is 9.97. The quantitative estimate of drug-likeness (QED) is 0.514. The highest BCUT2D eigenvalue weighted by Gasteiger charge is 2.19. The number of fused-ring (bicyclic) bond motifs is 2. The van der Waals surface area contributed by atoms with Crippen LogP contribution >= 0.6 is 0 Å². The summed E-state index contributed by atoms with van der Waals surface area (Å²) in [6.45, 7) is 6.47. The molecule has 152 valence electrons. The Balaban J connectivity index is 1.52. The molecule has 0 bridgehead atoms. The van der Waals surface area contributed by atoms with E-state index >= 15 is 0 Å². The molecule has 0 saturated carbocycles. The molecule has 6 nitrogen and oxygen atoms in total. The normalized spacial score (nSPS) is 16.0. The Morgan fingerprint density at radius 3 is 2.87 bits per heavy atom. The number of aromatic nitrogens is 4. The molecule has 1 atom stereocenters. The van der Waals surface area contributed by atoms with Gasteiger partial charge in [-0.05, 0) is 62.3 Å². The highest BCUT2D eigenvalue weighted by molar-refractivity contribution is 5.74. The molecule has 0 fully saturated rings. The van der Waals surface area contributed by atoms with Crippen molar-refractivity contribution in [2.45, 2.75) is 46.6 Å². The summed E-state index contributed by atoms with van der Waals surface area (Å²) >= 11 is 0. The van der Waals surface area contributed by atoms with Gasteiger partial charge in [0, 0.05) is 11.3 Å². The molecular weight excluding hydrogens is 376 g/mol. The van der Waals surface area contributed by atoms with Gasteiger partial charge in [0.25, 0.3) is 5.56 Å². The van der Waals surface area contributed by atoms with Crippen molar-refractivity contribution < 1.29 is 4.42 Å². The lowest BCUT2D eigenvalue weighted by atomic mass is 9.87. The van der Waals surface area contributed by atoms with Crippen LogP contribution in [0, 0.1) is 19.8 Å². The van der Waals surface area contributed by atoms with Crippen molar-refractivity contribution in [3.8, 4) is 11.5 Å². The second-order valence-corrected chi connectivity index (χ2v) is 8.33. The molecule has 3 heterocycles. The van der Waals surface area contributed by atoms with Crippen molar-refractivity contribution in [3.63, 3.8) is 0 Å². The first kappa shape index (κ1) is 18.7. The first-order valence-corrected chi connectivity index (χ1v) is 10.4. The Bertz CT molecular complexity index is 1320. The summed E-state index contributed by atoms with van der Waals surface area (Å²) < 4.78 is 7.50. The van der Waals surface area contributed by atoms with Gasteiger partial charge < -0.3 is 4.42 Å². The zero-order valence-corrected chi connectivity index (χ0v) is 17.5. The molecule has 5 rings (SSSR count). The van der Waals surface area contributed by atoms with Crippen LogP contribution in [0.5, 0.6) is 0 Å². The number of hydrogen-bond acceptors (Lipinski definition) is 5. The summed E-state index contributed by atoms with van der Waals surface area (Å²) in [5, 5.41) is 0.575. The SMILES string of the molecule is Cc1ccccc1-c1nc(Cn2cnc3nc4c(cc3c2=O)CC(C)CC4)c(C)o1. The molecule has 3 aromatic heterocycles. The molecular formula is C24H24N4O2. The van der Waals surface area contributed by atoms with Gasteiger partial charge in [0.15, 0.2) is 5.65 Å². The maximum absolute atomic E-state index is 13.2. The fourth-order valence-corrected chi connectivity index (χ4v) is 4.20. The number of rotatable bonds is 3. The van der Waals surface area contributed by atoms with E-state index in [-0.39, 0.29) is 5.56 Å². The Morgan fingerprint density at radius 1 is 1.20 bits per heavy atom. The van der Waals surface area contributed by atoms with Crippen LogP contribution in [0.1, 0.15) is 41.6 Å². The summed E-state index contributed by atoms with van der Waals surface area (Å²) in [7, 11) is 0. The average Bonchev–Trinajstić information content (AvgIpc) is 3.09. The van der Waals surface area contributed by atoms with Crippen molar-refractivity contribution in [1.29, 1.82) is 0 Å². The van der Waals surface area contributed by atoms with Crippen LogP contribution in [-0.2, 0) is 19.4 Å². The number of aryl methyl sites for hydroxylation is 3.